The van der Waals surface area contributed by atoms with Gasteiger partial charge in [0.1, 0.15) is 0 Å². The Kier molecular flexibility index (Phi) is 1.48. The van der Waals surface area contributed by atoms with Crippen LogP contribution in [0.5, 0.6) is 0 Å². The number of fused-ring (bicyclic) bond motifs is 2. The SMILES string of the molecule is CC1C2CC[C@H]1CN(C)C2. The molecule has 1 saturated heterocycles. The van der Waals surface area contributed by atoms with Crippen LogP contribution < -0.4 is 0 Å². The quantitative estimate of drug-likeness (QED) is 0.492. The van der Waals surface area contributed by atoms with Crippen molar-refractivity contribution in [1.82, 2.24) is 4.90 Å². The van der Waals surface area contributed by atoms with Crippen molar-refractivity contribution < 1.29 is 0 Å². The Morgan fingerprint density at radius 3 is 2.10 bits per heavy atom. The van der Waals surface area contributed by atoms with E-state index in [0.29, 0.717) is 0 Å². The molecular weight excluding hydrogens is 122 g/mol. The molecule has 0 spiro atoms. The highest BCUT2D eigenvalue weighted by molar-refractivity contribution is 4.89. The van der Waals surface area contributed by atoms with Gasteiger partial charge in [-0.25, -0.2) is 0 Å². The van der Waals surface area contributed by atoms with Gasteiger partial charge in [-0.05, 0) is 37.6 Å². The molecule has 0 aromatic rings. The van der Waals surface area contributed by atoms with E-state index in [0.717, 1.165) is 17.8 Å². The standard InChI is InChI=1S/C9H17N/c1-7-8-3-4-9(7)6-10(2)5-8/h7-9H,3-6H2,1-2H3/t7?,8-,9?/m0/s1. The zero-order valence-electron chi connectivity index (χ0n) is 7.01. The molecule has 1 heteroatoms. The van der Waals surface area contributed by atoms with Crippen LogP contribution in [0, 0.1) is 17.8 Å². The van der Waals surface area contributed by atoms with Gasteiger partial charge in [-0.15, -0.1) is 0 Å². The minimum absolute atomic E-state index is 1.02. The first-order valence-corrected chi connectivity index (χ1v) is 4.46. The van der Waals surface area contributed by atoms with E-state index < -0.39 is 0 Å². The number of hydrogen-bond donors (Lipinski definition) is 0. The van der Waals surface area contributed by atoms with Gasteiger partial charge in [-0.1, -0.05) is 6.92 Å². The van der Waals surface area contributed by atoms with E-state index in [-0.39, 0.29) is 0 Å². The summed E-state index contributed by atoms with van der Waals surface area (Å²) in [7, 11) is 2.26. The lowest BCUT2D eigenvalue weighted by Gasteiger charge is -2.33. The van der Waals surface area contributed by atoms with Crippen molar-refractivity contribution in [1.29, 1.82) is 0 Å². The van der Waals surface area contributed by atoms with Crippen molar-refractivity contribution in [3.8, 4) is 0 Å². The first kappa shape index (κ1) is 6.66. The van der Waals surface area contributed by atoms with E-state index >= 15 is 0 Å². The Balaban J connectivity index is 2.09. The summed E-state index contributed by atoms with van der Waals surface area (Å²) < 4.78 is 0. The van der Waals surface area contributed by atoms with Gasteiger partial charge in [-0.3, -0.25) is 0 Å². The van der Waals surface area contributed by atoms with Gasteiger partial charge in [0.05, 0.1) is 0 Å². The lowest BCUT2D eigenvalue weighted by atomic mass is 9.87. The predicted octanol–water partition coefficient (Wildman–Crippen LogP) is 1.59. The zero-order valence-corrected chi connectivity index (χ0v) is 7.01. The molecule has 0 aromatic carbocycles. The summed E-state index contributed by atoms with van der Waals surface area (Å²) >= 11 is 0. The molecule has 3 atom stereocenters. The largest absolute Gasteiger partial charge is 0.306 e. The summed E-state index contributed by atoms with van der Waals surface area (Å²) in [6, 6.07) is 0. The maximum Gasteiger partial charge on any atom is 0.000938 e. The predicted molar refractivity (Wildman–Crippen MR) is 42.9 cm³/mol. The van der Waals surface area contributed by atoms with Crippen molar-refractivity contribution in [2.24, 2.45) is 17.8 Å². The van der Waals surface area contributed by atoms with Gasteiger partial charge in [0.25, 0.3) is 0 Å². The van der Waals surface area contributed by atoms with Crippen molar-refractivity contribution in [3.05, 3.63) is 0 Å². The Labute approximate surface area is 63.4 Å². The minimum atomic E-state index is 1.02. The molecule has 1 aliphatic carbocycles. The molecule has 1 saturated carbocycles. The maximum atomic E-state index is 2.50. The van der Waals surface area contributed by atoms with Gasteiger partial charge < -0.3 is 4.90 Å². The zero-order chi connectivity index (χ0) is 7.14. The molecule has 58 valence electrons. The Hall–Kier alpha value is -0.0400. The lowest BCUT2D eigenvalue weighted by molar-refractivity contribution is 0.144. The minimum Gasteiger partial charge on any atom is -0.306 e. The van der Waals surface area contributed by atoms with Crippen LogP contribution in [-0.4, -0.2) is 25.0 Å². The monoisotopic (exact) mass is 139 g/mol. The molecule has 10 heavy (non-hydrogen) atoms. The van der Waals surface area contributed by atoms with Crippen molar-refractivity contribution >= 4 is 0 Å². The van der Waals surface area contributed by atoms with Crippen LogP contribution >= 0.6 is 0 Å². The highest BCUT2D eigenvalue weighted by atomic mass is 15.1. The molecule has 2 unspecified atom stereocenters. The second-order valence-corrected chi connectivity index (χ2v) is 4.18. The normalized spacial score (nSPS) is 48.0. The van der Waals surface area contributed by atoms with Crippen molar-refractivity contribution in [2.75, 3.05) is 20.1 Å². The Bertz CT molecular complexity index is 119. The van der Waals surface area contributed by atoms with Gasteiger partial charge in [0.2, 0.25) is 0 Å². The molecular formula is C9H17N. The number of hydrogen-bond acceptors (Lipinski definition) is 1. The molecule has 1 aliphatic heterocycles. The molecule has 0 N–H and O–H groups in total. The van der Waals surface area contributed by atoms with Crippen LogP contribution in [0.2, 0.25) is 0 Å². The van der Waals surface area contributed by atoms with Gasteiger partial charge in [0.15, 0.2) is 0 Å². The fourth-order valence-electron chi connectivity index (χ4n) is 2.73. The van der Waals surface area contributed by atoms with Gasteiger partial charge in [0, 0.05) is 13.1 Å². The van der Waals surface area contributed by atoms with E-state index in [1.807, 2.05) is 0 Å². The number of piperidine rings is 1. The van der Waals surface area contributed by atoms with Crippen molar-refractivity contribution in [2.45, 2.75) is 19.8 Å². The number of nitrogens with zero attached hydrogens (tertiary/aromatic N) is 1. The topological polar surface area (TPSA) is 3.24 Å². The third kappa shape index (κ3) is 0.878. The van der Waals surface area contributed by atoms with E-state index in [4.69, 9.17) is 0 Å². The third-order valence-corrected chi connectivity index (χ3v) is 3.49. The van der Waals surface area contributed by atoms with E-state index in [1.165, 1.54) is 25.9 Å². The van der Waals surface area contributed by atoms with Crippen LogP contribution in [0.15, 0.2) is 0 Å². The highest BCUT2D eigenvalue weighted by Crippen LogP contribution is 2.40. The molecule has 0 radical (unpaired) electrons. The molecule has 1 heterocycles. The summed E-state index contributed by atoms with van der Waals surface area (Å²) in [4.78, 5) is 2.50. The average molecular weight is 139 g/mol. The molecule has 2 rings (SSSR count). The molecule has 2 bridgehead atoms. The molecule has 2 aliphatic rings. The lowest BCUT2D eigenvalue weighted by Crippen LogP contribution is -2.38. The van der Waals surface area contributed by atoms with Crippen molar-refractivity contribution in [3.63, 3.8) is 0 Å². The summed E-state index contributed by atoms with van der Waals surface area (Å²) in [5.41, 5.74) is 0. The Morgan fingerprint density at radius 2 is 1.60 bits per heavy atom. The smallest absolute Gasteiger partial charge is 0.000938 e. The first-order chi connectivity index (χ1) is 4.77. The van der Waals surface area contributed by atoms with Gasteiger partial charge >= 0.3 is 0 Å². The first-order valence-electron chi connectivity index (χ1n) is 4.46. The van der Waals surface area contributed by atoms with Gasteiger partial charge in [-0.2, -0.15) is 0 Å². The van der Waals surface area contributed by atoms with Crippen LogP contribution in [0.4, 0.5) is 0 Å². The second kappa shape index (κ2) is 2.23. The molecule has 2 fully saturated rings. The van der Waals surface area contributed by atoms with E-state index in [9.17, 15) is 0 Å². The maximum absolute atomic E-state index is 2.50. The van der Waals surface area contributed by atoms with Crippen LogP contribution in [0.1, 0.15) is 19.8 Å². The second-order valence-electron chi connectivity index (χ2n) is 4.18. The third-order valence-electron chi connectivity index (χ3n) is 3.49. The van der Waals surface area contributed by atoms with Crippen LogP contribution in [0.25, 0.3) is 0 Å². The summed E-state index contributed by atoms with van der Waals surface area (Å²) in [6.45, 7) is 5.16. The number of rotatable bonds is 0. The van der Waals surface area contributed by atoms with E-state index in [2.05, 4.69) is 18.9 Å². The highest BCUT2D eigenvalue weighted by Gasteiger charge is 2.37. The van der Waals surface area contributed by atoms with Crippen LogP contribution in [0.3, 0.4) is 0 Å². The molecule has 0 aromatic heterocycles. The Morgan fingerprint density at radius 1 is 1.10 bits per heavy atom. The molecule has 0 amide bonds. The summed E-state index contributed by atoms with van der Waals surface area (Å²) in [6.07, 6.45) is 2.99. The number of likely N-dealkylation sites (tertiary alicyclic amines) is 1. The fraction of sp³-hybridized carbons (Fsp3) is 1.00. The molecule has 1 nitrogen and oxygen atoms in total. The van der Waals surface area contributed by atoms with E-state index in [1.54, 1.807) is 0 Å². The fourth-order valence-corrected chi connectivity index (χ4v) is 2.73. The summed E-state index contributed by atoms with van der Waals surface area (Å²) in [5.74, 6) is 3.09. The summed E-state index contributed by atoms with van der Waals surface area (Å²) in [5, 5.41) is 0. The average Bonchev–Trinajstić information content (AvgIpc) is 2.20. The van der Waals surface area contributed by atoms with Crippen LogP contribution in [-0.2, 0) is 0 Å².